The molecule has 0 aliphatic heterocycles. The summed E-state index contributed by atoms with van der Waals surface area (Å²) in [4.78, 5) is 11.9. The molecule has 0 atom stereocenters. The van der Waals surface area contributed by atoms with E-state index in [4.69, 9.17) is 4.74 Å². The second-order valence-electron chi connectivity index (χ2n) is 4.07. The minimum atomic E-state index is 0.833. The number of hydrogen-bond donors (Lipinski definition) is 1. The summed E-state index contributed by atoms with van der Waals surface area (Å²) in [5, 5.41) is 0.909. The van der Waals surface area contributed by atoms with Crippen molar-refractivity contribution in [3.8, 4) is 5.75 Å². The van der Waals surface area contributed by atoms with Crippen molar-refractivity contribution in [1.82, 2.24) is 15.0 Å². The summed E-state index contributed by atoms with van der Waals surface area (Å²) in [6.45, 7) is 0. The third-order valence-corrected chi connectivity index (χ3v) is 3.71. The summed E-state index contributed by atoms with van der Waals surface area (Å²) >= 11 is 1.67. The zero-order valence-corrected chi connectivity index (χ0v) is 11.3. The SMILES string of the molecule is COc1ccc2nc(SCc3cccnc3)[nH]c2c1. The number of methoxy groups -OCH3 is 1. The summed E-state index contributed by atoms with van der Waals surface area (Å²) in [5.41, 5.74) is 3.13. The molecule has 0 aliphatic carbocycles. The molecule has 0 bridgehead atoms. The van der Waals surface area contributed by atoms with E-state index in [-0.39, 0.29) is 0 Å². The van der Waals surface area contributed by atoms with Gasteiger partial charge in [-0.3, -0.25) is 4.98 Å². The van der Waals surface area contributed by atoms with Gasteiger partial charge in [0, 0.05) is 24.2 Å². The first kappa shape index (κ1) is 12.0. The van der Waals surface area contributed by atoms with Crippen molar-refractivity contribution in [2.24, 2.45) is 0 Å². The lowest BCUT2D eigenvalue weighted by Crippen LogP contribution is -1.82. The van der Waals surface area contributed by atoms with Gasteiger partial charge >= 0.3 is 0 Å². The predicted molar refractivity (Wildman–Crippen MR) is 76.4 cm³/mol. The number of aromatic nitrogens is 3. The largest absolute Gasteiger partial charge is 0.497 e. The number of ether oxygens (including phenoxy) is 1. The van der Waals surface area contributed by atoms with Crippen molar-refractivity contribution in [3.05, 3.63) is 48.3 Å². The molecule has 2 heterocycles. The highest BCUT2D eigenvalue weighted by Crippen LogP contribution is 2.25. The van der Waals surface area contributed by atoms with Gasteiger partial charge in [-0.25, -0.2) is 4.98 Å². The second-order valence-corrected chi connectivity index (χ2v) is 5.04. The van der Waals surface area contributed by atoms with Crippen LogP contribution in [0.1, 0.15) is 5.56 Å². The van der Waals surface area contributed by atoms with Gasteiger partial charge in [0.1, 0.15) is 5.75 Å². The number of H-pyrrole nitrogens is 1. The Bertz CT molecular complexity index is 681. The number of thioether (sulfide) groups is 1. The number of benzene rings is 1. The normalized spacial score (nSPS) is 10.8. The van der Waals surface area contributed by atoms with Gasteiger partial charge in [0.25, 0.3) is 0 Å². The maximum absolute atomic E-state index is 5.20. The molecule has 0 aliphatic rings. The van der Waals surface area contributed by atoms with E-state index in [1.54, 1.807) is 25.1 Å². The molecule has 1 aromatic carbocycles. The third kappa shape index (κ3) is 2.71. The van der Waals surface area contributed by atoms with Crippen molar-refractivity contribution >= 4 is 22.8 Å². The molecule has 1 N–H and O–H groups in total. The van der Waals surface area contributed by atoms with Crippen molar-refractivity contribution in [2.45, 2.75) is 10.9 Å². The Hall–Kier alpha value is -2.01. The minimum Gasteiger partial charge on any atom is -0.497 e. The fraction of sp³-hybridized carbons (Fsp3) is 0.143. The lowest BCUT2D eigenvalue weighted by Gasteiger charge is -1.97. The summed E-state index contributed by atoms with van der Waals surface area (Å²) in [5.74, 6) is 1.69. The number of hydrogen-bond acceptors (Lipinski definition) is 4. The number of nitrogens with zero attached hydrogens (tertiary/aromatic N) is 2. The van der Waals surface area contributed by atoms with Crippen LogP contribution in [0.4, 0.5) is 0 Å². The van der Waals surface area contributed by atoms with Gasteiger partial charge in [0.15, 0.2) is 5.16 Å². The van der Waals surface area contributed by atoms with Crippen LogP contribution in [0.2, 0.25) is 0 Å². The first-order valence-corrected chi connectivity index (χ1v) is 6.89. The molecular weight excluding hydrogens is 258 g/mol. The monoisotopic (exact) mass is 271 g/mol. The molecule has 96 valence electrons. The van der Waals surface area contributed by atoms with E-state index < -0.39 is 0 Å². The van der Waals surface area contributed by atoms with Gasteiger partial charge in [-0.2, -0.15) is 0 Å². The lowest BCUT2D eigenvalue weighted by molar-refractivity contribution is 0.415. The highest BCUT2D eigenvalue weighted by atomic mass is 32.2. The Morgan fingerprint density at radius 1 is 1.32 bits per heavy atom. The summed E-state index contributed by atoms with van der Waals surface area (Å²) in [6, 6.07) is 9.83. The van der Waals surface area contributed by atoms with Crippen molar-refractivity contribution < 1.29 is 4.74 Å². The van der Waals surface area contributed by atoms with E-state index in [1.807, 2.05) is 30.5 Å². The highest BCUT2D eigenvalue weighted by molar-refractivity contribution is 7.98. The van der Waals surface area contributed by atoms with Crippen molar-refractivity contribution in [2.75, 3.05) is 7.11 Å². The molecule has 3 rings (SSSR count). The molecule has 0 saturated carbocycles. The van der Waals surface area contributed by atoms with Crippen LogP contribution in [0.5, 0.6) is 5.75 Å². The van der Waals surface area contributed by atoms with Gasteiger partial charge in [-0.1, -0.05) is 17.8 Å². The Morgan fingerprint density at radius 2 is 2.26 bits per heavy atom. The first-order chi connectivity index (χ1) is 9.35. The van der Waals surface area contributed by atoms with E-state index in [0.29, 0.717) is 0 Å². The topological polar surface area (TPSA) is 50.8 Å². The fourth-order valence-corrected chi connectivity index (χ4v) is 2.62. The van der Waals surface area contributed by atoms with Gasteiger partial charge in [-0.15, -0.1) is 0 Å². The van der Waals surface area contributed by atoms with E-state index in [0.717, 1.165) is 27.7 Å². The molecule has 0 spiro atoms. The number of aromatic amines is 1. The number of pyridine rings is 1. The first-order valence-electron chi connectivity index (χ1n) is 5.90. The molecule has 3 aromatic rings. The third-order valence-electron chi connectivity index (χ3n) is 2.77. The van der Waals surface area contributed by atoms with E-state index in [1.165, 1.54) is 5.56 Å². The fourth-order valence-electron chi connectivity index (χ4n) is 1.80. The zero-order chi connectivity index (χ0) is 13.1. The standard InChI is InChI=1S/C14H13N3OS/c1-18-11-4-5-12-13(7-11)17-14(16-12)19-9-10-3-2-6-15-8-10/h2-8H,9H2,1H3,(H,16,17). The summed E-state index contributed by atoms with van der Waals surface area (Å²) in [7, 11) is 1.66. The van der Waals surface area contributed by atoms with Crippen LogP contribution in [0.15, 0.2) is 47.9 Å². The van der Waals surface area contributed by atoms with Gasteiger partial charge < -0.3 is 9.72 Å². The Kier molecular flexibility index (Phi) is 3.37. The molecular formula is C14H13N3OS. The van der Waals surface area contributed by atoms with Crippen molar-refractivity contribution in [1.29, 1.82) is 0 Å². The number of fused-ring (bicyclic) bond motifs is 1. The maximum Gasteiger partial charge on any atom is 0.166 e. The predicted octanol–water partition coefficient (Wildman–Crippen LogP) is 3.26. The van der Waals surface area contributed by atoms with Crippen LogP contribution in [0, 0.1) is 0 Å². The van der Waals surface area contributed by atoms with E-state index >= 15 is 0 Å². The molecule has 0 amide bonds. The Labute approximate surface area is 115 Å². The van der Waals surface area contributed by atoms with Crippen LogP contribution in [0.3, 0.4) is 0 Å². The molecule has 0 saturated heterocycles. The van der Waals surface area contributed by atoms with Gasteiger partial charge in [0.05, 0.1) is 18.1 Å². The van der Waals surface area contributed by atoms with Crippen LogP contribution >= 0.6 is 11.8 Å². The quantitative estimate of drug-likeness (QED) is 0.740. The molecule has 5 heteroatoms. The molecule has 2 aromatic heterocycles. The number of imidazole rings is 1. The lowest BCUT2D eigenvalue weighted by atomic mass is 10.3. The van der Waals surface area contributed by atoms with Gasteiger partial charge in [0.2, 0.25) is 0 Å². The molecule has 0 radical (unpaired) electrons. The Morgan fingerprint density at radius 3 is 3.05 bits per heavy atom. The van der Waals surface area contributed by atoms with E-state index in [2.05, 4.69) is 21.0 Å². The maximum atomic E-state index is 5.20. The molecule has 4 nitrogen and oxygen atoms in total. The highest BCUT2D eigenvalue weighted by Gasteiger charge is 2.05. The summed E-state index contributed by atoms with van der Waals surface area (Å²) in [6.07, 6.45) is 3.65. The second kappa shape index (κ2) is 5.32. The average molecular weight is 271 g/mol. The van der Waals surface area contributed by atoms with E-state index in [9.17, 15) is 0 Å². The summed E-state index contributed by atoms with van der Waals surface area (Å²) < 4.78 is 5.20. The van der Waals surface area contributed by atoms with Crippen LogP contribution in [-0.4, -0.2) is 22.1 Å². The van der Waals surface area contributed by atoms with Crippen LogP contribution in [-0.2, 0) is 5.75 Å². The van der Waals surface area contributed by atoms with Crippen LogP contribution in [0.25, 0.3) is 11.0 Å². The van der Waals surface area contributed by atoms with Gasteiger partial charge in [-0.05, 0) is 23.8 Å². The Balaban J connectivity index is 1.78. The minimum absolute atomic E-state index is 0.833. The zero-order valence-electron chi connectivity index (χ0n) is 10.5. The van der Waals surface area contributed by atoms with Crippen molar-refractivity contribution in [3.63, 3.8) is 0 Å². The smallest absolute Gasteiger partial charge is 0.166 e. The number of rotatable bonds is 4. The molecule has 0 unspecified atom stereocenters. The molecule has 19 heavy (non-hydrogen) atoms. The molecule has 0 fully saturated rings. The van der Waals surface area contributed by atoms with Crippen LogP contribution < -0.4 is 4.74 Å². The number of nitrogens with one attached hydrogen (secondary N) is 1. The average Bonchev–Trinajstić information content (AvgIpc) is 2.88.